The number of amides is 2. The van der Waals surface area contributed by atoms with Gasteiger partial charge in [-0.25, -0.2) is 0 Å². The Kier molecular flexibility index (Phi) is 6.04. The molecule has 0 spiro atoms. The van der Waals surface area contributed by atoms with Gasteiger partial charge >= 0.3 is 0 Å². The highest BCUT2D eigenvalue weighted by Crippen LogP contribution is 2.28. The zero-order chi connectivity index (χ0) is 18.6. The van der Waals surface area contributed by atoms with Crippen LogP contribution in [0.4, 0.5) is 11.4 Å². The third-order valence-electron chi connectivity index (χ3n) is 3.64. The average Bonchev–Trinajstić information content (AvgIpc) is 2.51. The topological polar surface area (TPSA) is 58.6 Å². The van der Waals surface area contributed by atoms with Crippen LogP contribution in [0.25, 0.3) is 0 Å². The first kappa shape index (κ1) is 18.8. The van der Waals surface area contributed by atoms with Crippen LogP contribution in [0.2, 0.25) is 5.02 Å². The smallest absolute Gasteiger partial charge is 0.244 e. The molecule has 0 unspecified atom stereocenters. The predicted molar refractivity (Wildman–Crippen MR) is 101 cm³/mol. The van der Waals surface area contributed by atoms with Crippen molar-refractivity contribution in [2.75, 3.05) is 23.9 Å². The molecule has 0 atom stereocenters. The lowest BCUT2D eigenvalue weighted by molar-refractivity contribution is -0.120. The Morgan fingerprint density at radius 1 is 1.12 bits per heavy atom. The lowest BCUT2D eigenvalue weighted by Crippen LogP contribution is -2.36. The van der Waals surface area contributed by atoms with Gasteiger partial charge in [-0.1, -0.05) is 17.7 Å². The van der Waals surface area contributed by atoms with Crippen molar-refractivity contribution in [3.05, 3.63) is 52.5 Å². The van der Waals surface area contributed by atoms with E-state index in [0.29, 0.717) is 22.1 Å². The lowest BCUT2D eigenvalue weighted by atomic mass is 10.1. The van der Waals surface area contributed by atoms with Crippen LogP contribution in [0, 0.1) is 13.8 Å². The third kappa shape index (κ3) is 4.97. The van der Waals surface area contributed by atoms with Gasteiger partial charge in [0.25, 0.3) is 0 Å². The van der Waals surface area contributed by atoms with Crippen LogP contribution in [0.1, 0.15) is 18.1 Å². The third-order valence-corrected chi connectivity index (χ3v) is 3.87. The Labute approximate surface area is 152 Å². The van der Waals surface area contributed by atoms with Gasteiger partial charge < -0.3 is 15.0 Å². The number of benzene rings is 2. The second-order valence-electron chi connectivity index (χ2n) is 5.84. The van der Waals surface area contributed by atoms with E-state index in [1.807, 2.05) is 32.0 Å². The molecule has 0 saturated heterocycles. The summed E-state index contributed by atoms with van der Waals surface area (Å²) in [6.07, 6.45) is 0. The Morgan fingerprint density at radius 2 is 1.76 bits per heavy atom. The fourth-order valence-corrected chi connectivity index (χ4v) is 2.77. The van der Waals surface area contributed by atoms with Crippen LogP contribution in [0.15, 0.2) is 36.4 Å². The average molecular weight is 361 g/mol. The number of aryl methyl sites for hydroxylation is 2. The molecule has 2 aromatic rings. The molecule has 0 aliphatic carbocycles. The number of hydrogen-bond acceptors (Lipinski definition) is 3. The molecule has 0 heterocycles. The van der Waals surface area contributed by atoms with Crippen molar-refractivity contribution < 1.29 is 14.3 Å². The highest BCUT2D eigenvalue weighted by atomic mass is 35.5. The molecular formula is C19H21ClN2O3. The number of ether oxygens (including phenoxy) is 1. The van der Waals surface area contributed by atoms with E-state index in [-0.39, 0.29) is 18.4 Å². The molecule has 132 valence electrons. The molecule has 1 N–H and O–H groups in total. The van der Waals surface area contributed by atoms with Gasteiger partial charge in [0, 0.05) is 17.6 Å². The van der Waals surface area contributed by atoms with E-state index in [9.17, 15) is 9.59 Å². The van der Waals surface area contributed by atoms with E-state index in [2.05, 4.69) is 5.32 Å². The summed E-state index contributed by atoms with van der Waals surface area (Å²) >= 11 is 5.97. The Hall–Kier alpha value is -2.53. The number of nitrogens with zero attached hydrogens (tertiary/aromatic N) is 1. The molecule has 25 heavy (non-hydrogen) atoms. The minimum Gasteiger partial charge on any atom is -0.495 e. The van der Waals surface area contributed by atoms with Gasteiger partial charge in [0.15, 0.2) is 0 Å². The van der Waals surface area contributed by atoms with Gasteiger partial charge in [-0.3, -0.25) is 9.59 Å². The zero-order valence-corrected chi connectivity index (χ0v) is 15.5. The van der Waals surface area contributed by atoms with Crippen LogP contribution < -0.4 is 15.0 Å². The SMILES string of the molecule is COc1ccc(Cl)cc1NC(=O)CN(C(C)=O)c1cc(C)cc(C)c1. The fraction of sp³-hybridized carbons (Fsp3) is 0.263. The summed E-state index contributed by atoms with van der Waals surface area (Å²) in [4.78, 5) is 25.9. The minimum atomic E-state index is -0.338. The molecule has 0 saturated carbocycles. The Balaban J connectivity index is 2.21. The summed E-state index contributed by atoms with van der Waals surface area (Å²) in [5, 5.41) is 3.22. The van der Waals surface area contributed by atoms with Crippen LogP contribution in [0.3, 0.4) is 0 Å². The van der Waals surface area contributed by atoms with Crippen LogP contribution >= 0.6 is 11.6 Å². The summed E-state index contributed by atoms with van der Waals surface area (Å²) in [7, 11) is 1.51. The summed E-state index contributed by atoms with van der Waals surface area (Å²) in [5.74, 6) is -0.0494. The second kappa shape index (κ2) is 8.03. The molecule has 0 aliphatic heterocycles. The number of halogens is 1. The maximum atomic E-state index is 12.4. The molecule has 6 heteroatoms. The van der Waals surface area contributed by atoms with Crippen molar-refractivity contribution in [2.24, 2.45) is 0 Å². The fourth-order valence-electron chi connectivity index (χ4n) is 2.60. The first-order chi connectivity index (χ1) is 11.8. The minimum absolute atomic E-state index is 0.103. The number of anilines is 2. The van der Waals surface area contributed by atoms with Crippen molar-refractivity contribution in [1.29, 1.82) is 0 Å². The molecule has 0 aliphatic rings. The van der Waals surface area contributed by atoms with Crippen molar-refractivity contribution in [3.8, 4) is 5.75 Å². The van der Waals surface area contributed by atoms with E-state index >= 15 is 0 Å². The van der Waals surface area contributed by atoms with Gasteiger partial charge in [0.1, 0.15) is 12.3 Å². The number of hydrogen-bond donors (Lipinski definition) is 1. The molecule has 5 nitrogen and oxygen atoms in total. The number of nitrogens with one attached hydrogen (secondary N) is 1. The highest BCUT2D eigenvalue weighted by Gasteiger charge is 2.17. The summed E-state index contributed by atoms with van der Waals surface area (Å²) < 4.78 is 5.22. The molecule has 2 amide bonds. The van der Waals surface area contributed by atoms with Crippen molar-refractivity contribution in [3.63, 3.8) is 0 Å². The Morgan fingerprint density at radius 3 is 2.32 bits per heavy atom. The number of carbonyl (C=O) groups excluding carboxylic acids is 2. The normalized spacial score (nSPS) is 10.3. The molecule has 2 rings (SSSR count). The van der Waals surface area contributed by atoms with Crippen molar-refractivity contribution in [2.45, 2.75) is 20.8 Å². The molecule has 0 aromatic heterocycles. The largest absolute Gasteiger partial charge is 0.495 e. The predicted octanol–water partition coefficient (Wildman–Crippen LogP) is 3.96. The van der Waals surface area contributed by atoms with E-state index in [0.717, 1.165) is 11.1 Å². The Bertz CT molecular complexity index is 785. The molecule has 2 aromatic carbocycles. The summed E-state index contributed by atoms with van der Waals surface area (Å²) in [6, 6.07) is 10.7. The zero-order valence-electron chi connectivity index (χ0n) is 14.7. The maximum Gasteiger partial charge on any atom is 0.244 e. The first-order valence-corrected chi connectivity index (χ1v) is 8.17. The molecule has 0 bridgehead atoms. The molecule has 0 radical (unpaired) electrons. The van der Waals surface area contributed by atoms with Gasteiger partial charge in [-0.2, -0.15) is 0 Å². The van der Waals surface area contributed by atoms with Gasteiger partial charge in [-0.05, 0) is 55.3 Å². The second-order valence-corrected chi connectivity index (χ2v) is 6.28. The van der Waals surface area contributed by atoms with E-state index in [1.165, 1.54) is 18.9 Å². The van der Waals surface area contributed by atoms with E-state index < -0.39 is 0 Å². The van der Waals surface area contributed by atoms with Crippen LogP contribution in [0.5, 0.6) is 5.75 Å². The van der Waals surface area contributed by atoms with E-state index in [1.54, 1.807) is 18.2 Å². The summed E-state index contributed by atoms with van der Waals surface area (Å²) in [5.41, 5.74) is 3.21. The number of rotatable bonds is 5. The van der Waals surface area contributed by atoms with Gasteiger partial charge in [-0.15, -0.1) is 0 Å². The van der Waals surface area contributed by atoms with Crippen molar-refractivity contribution >= 4 is 34.8 Å². The first-order valence-electron chi connectivity index (χ1n) is 7.80. The molecule has 0 fully saturated rings. The number of carbonyl (C=O) groups is 2. The lowest BCUT2D eigenvalue weighted by Gasteiger charge is -2.22. The molecular weight excluding hydrogens is 340 g/mol. The van der Waals surface area contributed by atoms with Crippen LogP contribution in [-0.4, -0.2) is 25.5 Å². The highest BCUT2D eigenvalue weighted by molar-refractivity contribution is 6.31. The monoisotopic (exact) mass is 360 g/mol. The standard InChI is InChI=1S/C19H21ClN2O3/c1-12-7-13(2)9-16(8-12)22(14(3)23)11-19(24)21-17-10-15(20)5-6-18(17)25-4/h5-10H,11H2,1-4H3,(H,21,24). The van der Waals surface area contributed by atoms with E-state index in [4.69, 9.17) is 16.3 Å². The summed E-state index contributed by atoms with van der Waals surface area (Å²) in [6.45, 7) is 5.23. The quantitative estimate of drug-likeness (QED) is 0.878. The van der Waals surface area contributed by atoms with Gasteiger partial charge in [0.05, 0.1) is 12.8 Å². The van der Waals surface area contributed by atoms with Crippen LogP contribution in [-0.2, 0) is 9.59 Å². The van der Waals surface area contributed by atoms with Crippen molar-refractivity contribution in [1.82, 2.24) is 0 Å². The number of methoxy groups -OCH3 is 1. The maximum absolute atomic E-state index is 12.4. The van der Waals surface area contributed by atoms with Gasteiger partial charge in [0.2, 0.25) is 11.8 Å².